The summed E-state index contributed by atoms with van der Waals surface area (Å²) in [6, 6.07) is 15.2. The van der Waals surface area contributed by atoms with E-state index in [0.717, 1.165) is 42.7 Å². The predicted molar refractivity (Wildman–Crippen MR) is 120 cm³/mol. The van der Waals surface area contributed by atoms with Gasteiger partial charge in [0, 0.05) is 48.7 Å². The third-order valence-electron chi connectivity index (χ3n) is 5.21. The minimum absolute atomic E-state index is 0.151. The zero-order chi connectivity index (χ0) is 21.5. The minimum Gasteiger partial charge on any atom is -0.341 e. The van der Waals surface area contributed by atoms with Crippen LogP contribution >= 0.6 is 0 Å². The van der Waals surface area contributed by atoms with Crippen molar-refractivity contribution in [1.82, 2.24) is 14.9 Å². The van der Waals surface area contributed by atoms with Gasteiger partial charge in [0.25, 0.3) is 5.91 Å². The van der Waals surface area contributed by atoms with Gasteiger partial charge in [-0.25, -0.2) is 4.98 Å². The summed E-state index contributed by atoms with van der Waals surface area (Å²) in [6.45, 7) is 1.76. The van der Waals surface area contributed by atoms with Crippen molar-refractivity contribution in [2.75, 3.05) is 18.0 Å². The van der Waals surface area contributed by atoms with Crippen molar-refractivity contribution in [2.24, 2.45) is 0 Å². The number of imidazole rings is 1. The number of hydrogen-bond acceptors (Lipinski definition) is 3. The van der Waals surface area contributed by atoms with E-state index in [9.17, 15) is 9.59 Å². The first-order valence-corrected chi connectivity index (χ1v) is 10.4. The van der Waals surface area contributed by atoms with Crippen molar-refractivity contribution in [2.45, 2.75) is 25.8 Å². The normalized spacial score (nSPS) is 13.4. The molecule has 1 saturated heterocycles. The Hall–Kier alpha value is -3.85. The average molecular weight is 412 g/mol. The molecular formula is C25H24N4O2. The van der Waals surface area contributed by atoms with Gasteiger partial charge in [-0.2, -0.15) is 0 Å². The van der Waals surface area contributed by atoms with Crippen LogP contribution < -0.4 is 10.2 Å². The van der Waals surface area contributed by atoms with Gasteiger partial charge in [-0.3, -0.25) is 9.59 Å². The van der Waals surface area contributed by atoms with Crippen LogP contribution in [0.4, 0.5) is 5.69 Å². The minimum atomic E-state index is -0.151. The maximum Gasteiger partial charge on any atom is 0.252 e. The summed E-state index contributed by atoms with van der Waals surface area (Å²) in [4.78, 5) is 30.2. The molecule has 1 fully saturated rings. The number of hydrogen-bond donors (Lipinski definition) is 1. The number of nitrogens with one attached hydrogen (secondary N) is 1. The monoisotopic (exact) mass is 412 g/mol. The molecule has 2 aromatic carbocycles. The molecule has 0 aliphatic carbocycles. The maximum atomic E-state index is 12.3. The van der Waals surface area contributed by atoms with Crippen LogP contribution in [0.1, 0.15) is 40.7 Å². The Bertz CT molecular complexity index is 1090. The SMILES string of the molecule is O=C(NCC#Cc1ccc(N2CCCCC2=O)cc1)c1ccc(Cn2ccnc2)cc1. The number of carbonyl (C=O) groups is 2. The molecule has 0 saturated carbocycles. The van der Waals surface area contributed by atoms with Gasteiger partial charge in [0.2, 0.25) is 5.91 Å². The number of piperidine rings is 1. The van der Waals surface area contributed by atoms with E-state index >= 15 is 0 Å². The zero-order valence-corrected chi connectivity index (χ0v) is 17.3. The van der Waals surface area contributed by atoms with E-state index in [1.165, 1.54) is 0 Å². The summed E-state index contributed by atoms with van der Waals surface area (Å²) < 4.78 is 1.97. The maximum absolute atomic E-state index is 12.3. The van der Waals surface area contributed by atoms with Crippen LogP contribution in [-0.4, -0.2) is 34.5 Å². The van der Waals surface area contributed by atoms with Crippen LogP contribution in [-0.2, 0) is 11.3 Å². The fourth-order valence-corrected chi connectivity index (χ4v) is 3.53. The van der Waals surface area contributed by atoms with Crippen molar-refractivity contribution in [1.29, 1.82) is 0 Å². The summed E-state index contributed by atoms with van der Waals surface area (Å²) in [5, 5.41) is 2.82. The highest BCUT2D eigenvalue weighted by Gasteiger charge is 2.19. The number of nitrogens with zero attached hydrogens (tertiary/aromatic N) is 3. The van der Waals surface area contributed by atoms with E-state index in [1.807, 2.05) is 64.2 Å². The van der Waals surface area contributed by atoms with E-state index in [2.05, 4.69) is 22.1 Å². The molecule has 2 heterocycles. The first-order valence-electron chi connectivity index (χ1n) is 10.4. The number of anilines is 1. The molecule has 3 aromatic rings. The Morgan fingerprint density at radius 3 is 2.58 bits per heavy atom. The highest BCUT2D eigenvalue weighted by atomic mass is 16.2. The van der Waals surface area contributed by atoms with Crippen LogP contribution in [0, 0.1) is 11.8 Å². The Labute approximate surface area is 181 Å². The van der Waals surface area contributed by atoms with E-state index < -0.39 is 0 Å². The zero-order valence-electron chi connectivity index (χ0n) is 17.3. The fourth-order valence-electron chi connectivity index (χ4n) is 3.53. The summed E-state index contributed by atoms with van der Waals surface area (Å²) in [5.74, 6) is 6.06. The molecule has 0 atom stereocenters. The lowest BCUT2D eigenvalue weighted by molar-refractivity contribution is -0.119. The molecule has 6 heteroatoms. The van der Waals surface area contributed by atoms with Gasteiger partial charge < -0.3 is 14.8 Å². The van der Waals surface area contributed by atoms with E-state index in [0.29, 0.717) is 12.0 Å². The second kappa shape index (κ2) is 9.77. The predicted octanol–water partition coefficient (Wildman–Crippen LogP) is 3.23. The van der Waals surface area contributed by atoms with Gasteiger partial charge in [0.15, 0.2) is 0 Å². The van der Waals surface area contributed by atoms with Crippen molar-refractivity contribution < 1.29 is 9.59 Å². The van der Waals surface area contributed by atoms with E-state index in [-0.39, 0.29) is 18.4 Å². The largest absolute Gasteiger partial charge is 0.341 e. The number of rotatable bonds is 5. The van der Waals surface area contributed by atoms with Gasteiger partial charge in [-0.15, -0.1) is 0 Å². The van der Waals surface area contributed by atoms with Crippen LogP contribution in [0.15, 0.2) is 67.3 Å². The molecule has 156 valence electrons. The Morgan fingerprint density at radius 2 is 1.87 bits per heavy atom. The molecule has 0 bridgehead atoms. The Balaban J connectivity index is 1.27. The van der Waals surface area contributed by atoms with Gasteiger partial charge in [-0.05, 0) is 54.8 Å². The second-order valence-electron chi connectivity index (χ2n) is 7.47. The van der Waals surface area contributed by atoms with Crippen molar-refractivity contribution in [3.8, 4) is 11.8 Å². The summed E-state index contributed by atoms with van der Waals surface area (Å²) >= 11 is 0. The molecular weight excluding hydrogens is 388 g/mol. The molecule has 2 amide bonds. The topological polar surface area (TPSA) is 67.2 Å². The molecule has 1 aliphatic rings. The van der Waals surface area contributed by atoms with Crippen LogP contribution in [0.5, 0.6) is 0 Å². The molecule has 0 spiro atoms. The standard InChI is InChI=1S/C25H24N4O2/c30-24-5-1-2-16-29(24)23-12-8-20(9-13-23)4-3-14-27-25(31)22-10-6-21(7-11-22)18-28-17-15-26-19-28/h6-13,15,17,19H,1-2,5,14,16,18H2,(H,27,31). The van der Waals surface area contributed by atoms with Gasteiger partial charge in [-0.1, -0.05) is 24.0 Å². The quantitative estimate of drug-likeness (QED) is 0.655. The highest BCUT2D eigenvalue weighted by Crippen LogP contribution is 2.21. The first kappa shape index (κ1) is 20.4. The van der Waals surface area contributed by atoms with Crippen molar-refractivity contribution in [3.05, 3.63) is 83.9 Å². The molecule has 1 N–H and O–H groups in total. The molecule has 31 heavy (non-hydrogen) atoms. The lowest BCUT2D eigenvalue weighted by Crippen LogP contribution is -2.35. The number of carbonyl (C=O) groups excluding carboxylic acids is 2. The van der Waals surface area contributed by atoms with Crippen molar-refractivity contribution >= 4 is 17.5 Å². The van der Waals surface area contributed by atoms with Crippen molar-refractivity contribution in [3.63, 3.8) is 0 Å². The number of aromatic nitrogens is 2. The first-order chi connectivity index (χ1) is 15.2. The van der Waals surface area contributed by atoms with E-state index in [1.54, 1.807) is 12.5 Å². The molecule has 4 rings (SSSR count). The Kier molecular flexibility index (Phi) is 6.44. The van der Waals surface area contributed by atoms with Crippen LogP contribution in [0.3, 0.4) is 0 Å². The number of amides is 2. The fraction of sp³-hybridized carbons (Fsp3) is 0.240. The molecule has 0 radical (unpaired) electrons. The molecule has 1 aromatic heterocycles. The third-order valence-corrected chi connectivity index (χ3v) is 5.21. The Morgan fingerprint density at radius 1 is 1.06 bits per heavy atom. The van der Waals surface area contributed by atoms with Gasteiger partial charge in [0.1, 0.15) is 0 Å². The number of benzene rings is 2. The lowest BCUT2D eigenvalue weighted by Gasteiger charge is -2.26. The van der Waals surface area contributed by atoms with Crippen LogP contribution in [0.25, 0.3) is 0 Å². The smallest absolute Gasteiger partial charge is 0.252 e. The summed E-state index contributed by atoms with van der Waals surface area (Å²) in [6.07, 6.45) is 8.04. The second-order valence-corrected chi connectivity index (χ2v) is 7.47. The molecule has 1 aliphatic heterocycles. The summed E-state index contributed by atoms with van der Waals surface area (Å²) in [7, 11) is 0. The third kappa shape index (κ3) is 5.40. The van der Waals surface area contributed by atoms with E-state index in [4.69, 9.17) is 0 Å². The molecule has 0 unspecified atom stereocenters. The van der Waals surface area contributed by atoms with Crippen LogP contribution in [0.2, 0.25) is 0 Å². The highest BCUT2D eigenvalue weighted by molar-refractivity contribution is 5.94. The van der Waals surface area contributed by atoms with Gasteiger partial charge >= 0.3 is 0 Å². The average Bonchev–Trinajstić information content (AvgIpc) is 3.31. The van der Waals surface area contributed by atoms with Gasteiger partial charge in [0.05, 0.1) is 12.9 Å². The molecule has 6 nitrogen and oxygen atoms in total. The summed E-state index contributed by atoms with van der Waals surface area (Å²) in [5.41, 5.74) is 3.47. The lowest BCUT2D eigenvalue weighted by atomic mass is 10.1.